The van der Waals surface area contributed by atoms with Crippen molar-refractivity contribution in [3.63, 3.8) is 0 Å². The summed E-state index contributed by atoms with van der Waals surface area (Å²) in [5, 5.41) is 11.2. The molecule has 0 bridgehead atoms. The maximum atomic E-state index is 13.3. The molecule has 1 fully saturated rings. The van der Waals surface area contributed by atoms with Crippen LogP contribution in [0.3, 0.4) is 0 Å². The number of aromatic nitrogens is 1. The molecule has 1 unspecified atom stereocenters. The normalized spacial score (nSPS) is 17.6. The van der Waals surface area contributed by atoms with Crippen molar-refractivity contribution in [3.05, 3.63) is 94.8 Å². The number of anilines is 1. The lowest BCUT2D eigenvalue weighted by atomic mass is 9.97. The van der Waals surface area contributed by atoms with Crippen molar-refractivity contribution in [3.8, 4) is 5.75 Å². The molecule has 6 heteroatoms. The molecule has 6 nitrogen and oxygen atoms in total. The molecule has 0 radical (unpaired) electrons. The highest BCUT2D eigenvalue weighted by Crippen LogP contribution is 2.42. The third-order valence-electron chi connectivity index (χ3n) is 5.54. The molecular weight excluding hydrogens is 416 g/mol. The molecule has 1 saturated heterocycles. The predicted molar refractivity (Wildman–Crippen MR) is 127 cm³/mol. The van der Waals surface area contributed by atoms with Crippen LogP contribution >= 0.6 is 0 Å². The van der Waals surface area contributed by atoms with Crippen LogP contribution in [0, 0.1) is 13.8 Å². The molecular formula is C27H26N2O4. The van der Waals surface area contributed by atoms with E-state index in [9.17, 15) is 14.7 Å². The van der Waals surface area contributed by atoms with Gasteiger partial charge in [0, 0.05) is 17.4 Å². The maximum Gasteiger partial charge on any atom is 0.300 e. The minimum absolute atomic E-state index is 0.0106. The van der Waals surface area contributed by atoms with Crippen LogP contribution in [0.15, 0.2) is 72.4 Å². The Bertz CT molecular complexity index is 1230. The number of carbonyl (C=O) groups is 2. The number of ketones is 1. The molecule has 1 aliphatic heterocycles. The Balaban J connectivity index is 1.88. The van der Waals surface area contributed by atoms with Gasteiger partial charge in [0.15, 0.2) is 0 Å². The first-order chi connectivity index (χ1) is 15.8. The van der Waals surface area contributed by atoms with E-state index >= 15 is 0 Å². The van der Waals surface area contributed by atoms with Crippen LogP contribution in [-0.2, 0) is 9.59 Å². The van der Waals surface area contributed by atoms with Crippen molar-refractivity contribution in [2.45, 2.75) is 39.8 Å². The van der Waals surface area contributed by atoms with Gasteiger partial charge in [-0.3, -0.25) is 19.5 Å². The third-order valence-corrected chi connectivity index (χ3v) is 5.54. The van der Waals surface area contributed by atoms with Crippen molar-refractivity contribution in [2.24, 2.45) is 0 Å². The molecule has 3 aromatic rings. The summed E-state index contributed by atoms with van der Waals surface area (Å²) in [6.07, 6.45) is 1.62. The number of hydrogen-bond acceptors (Lipinski definition) is 5. The Morgan fingerprint density at radius 3 is 2.39 bits per heavy atom. The van der Waals surface area contributed by atoms with Crippen LogP contribution in [0.1, 0.15) is 42.3 Å². The summed E-state index contributed by atoms with van der Waals surface area (Å²) in [6.45, 7) is 7.66. The number of aryl methyl sites for hydroxylation is 2. The molecule has 1 amide bonds. The highest BCUT2D eigenvalue weighted by molar-refractivity contribution is 6.51. The van der Waals surface area contributed by atoms with Gasteiger partial charge >= 0.3 is 0 Å². The number of aliphatic hydroxyl groups excluding tert-OH is 1. The van der Waals surface area contributed by atoms with Gasteiger partial charge in [-0.05, 0) is 81.3 Å². The van der Waals surface area contributed by atoms with Crippen molar-refractivity contribution in [2.75, 3.05) is 4.90 Å². The number of amides is 1. The Hall–Kier alpha value is -3.93. The molecule has 0 saturated carbocycles. The van der Waals surface area contributed by atoms with Gasteiger partial charge in [0.2, 0.25) is 0 Å². The molecule has 0 aliphatic carbocycles. The number of benzene rings is 2. The SMILES string of the molecule is Cc1ccc(C)c(N2C(=O)C(=O)/C(=C(/O)c3ccc(OC(C)C)cc3)C2c2ccccn2)c1. The number of Topliss-reactive ketones (excluding diaryl/α,β-unsaturated/α-hetero) is 1. The number of nitrogens with zero attached hydrogens (tertiary/aromatic N) is 2. The van der Waals surface area contributed by atoms with Gasteiger partial charge in [-0.15, -0.1) is 0 Å². The number of carbonyl (C=O) groups excluding carboxylic acids is 2. The fourth-order valence-electron chi connectivity index (χ4n) is 4.00. The van der Waals surface area contributed by atoms with E-state index in [0.717, 1.165) is 11.1 Å². The quantitative estimate of drug-likeness (QED) is 0.337. The molecule has 168 valence electrons. The second kappa shape index (κ2) is 8.90. The Morgan fingerprint density at radius 2 is 1.76 bits per heavy atom. The van der Waals surface area contributed by atoms with E-state index in [2.05, 4.69) is 4.98 Å². The second-order valence-electron chi connectivity index (χ2n) is 8.40. The Labute approximate surface area is 193 Å². The number of pyridine rings is 1. The summed E-state index contributed by atoms with van der Waals surface area (Å²) in [7, 11) is 0. The van der Waals surface area contributed by atoms with E-state index in [4.69, 9.17) is 4.74 Å². The molecule has 2 heterocycles. The predicted octanol–water partition coefficient (Wildman–Crippen LogP) is 5.11. The van der Waals surface area contributed by atoms with Crippen molar-refractivity contribution in [1.82, 2.24) is 4.98 Å². The molecule has 1 atom stereocenters. The van der Waals surface area contributed by atoms with Crippen LogP contribution in [0.2, 0.25) is 0 Å². The first-order valence-corrected chi connectivity index (χ1v) is 10.8. The van der Waals surface area contributed by atoms with E-state index < -0.39 is 17.7 Å². The zero-order chi connectivity index (χ0) is 23.7. The molecule has 1 aromatic heterocycles. The van der Waals surface area contributed by atoms with Crippen LogP contribution in [-0.4, -0.2) is 27.9 Å². The summed E-state index contributed by atoms with van der Waals surface area (Å²) in [4.78, 5) is 32.4. The monoisotopic (exact) mass is 442 g/mol. The van der Waals surface area contributed by atoms with Crippen LogP contribution in [0.5, 0.6) is 5.75 Å². The summed E-state index contributed by atoms with van der Waals surface area (Å²) in [5.41, 5.74) is 3.35. The van der Waals surface area contributed by atoms with Gasteiger partial charge in [-0.25, -0.2) is 0 Å². The first kappa shape index (κ1) is 22.3. The molecule has 2 aromatic carbocycles. The van der Waals surface area contributed by atoms with E-state index in [-0.39, 0.29) is 17.4 Å². The zero-order valence-corrected chi connectivity index (χ0v) is 19.1. The van der Waals surface area contributed by atoms with E-state index in [1.54, 1.807) is 48.7 Å². The van der Waals surface area contributed by atoms with Gasteiger partial charge in [-0.1, -0.05) is 18.2 Å². The van der Waals surface area contributed by atoms with E-state index in [1.807, 2.05) is 45.9 Å². The number of rotatable bonds is 5. The summed E-state index contributed by atoms with van der Waals surface area (Å²) in [6, 6.07) is 17.0. The largest absolute Gasteiger partial charge is 0.507 e. The maximum absolute atomic E-state index is 13.3. The van der Waals surface area contributed by atoms with Crippen LogP contribution < -0.4 is 9.64 Å². The fourth-order valence-corrected chi connectivity index (χ4v) is 4.00. The molecule has 1 N–H and O–H groups in total. The van der Waals surface area contributed by atoms with Gasteiger partial charge in [-0.2, -0.15) is 0 Å². The summed E-state index contributed by atoms with van der Waals surface area (Å²) in [5.74, 6) is -1.03. The van der Waals surface area contributed by atoms with Crippen molar-refractivity contribution in [1.29, 1.82) is 0 Å². The third kappa shape index (κ3) is 4.24. The highest BCUT2D eigenvalue weighted by Gasteiger charge is 2.48. The van der Waals surface area contributed by atoms with Gasteiger partial charge in [0.25, 0.3) is 11.7 Å². The Kier molecular flexibility index (Phi) is 6.01. The summed E-state index contributed by atoms with van der Waals surface area (Å²) < 4.78 is 5.67. The standard InChI is InChI=1S/C27H26N2O4/c1-16(2)33-20-12-10-19(11-13-20)25(30)23-24(21-7-5-6-14-28-21)29(27(32)26(23)31)22-15-17(3)8-9-18(22)4/h5-16,24,30H,1-4H3/b25-23+. The lowest BCUT2D eigenvalue weighted by Crippen LogP contribution is -2.30. The van der Waals surface area contributed by atoms with Crippen LogP contribution in [0.4, 0.5) is 5.69 Å². The molecule has 0 spiro atoms. The lowest BCUT2D eigenvalue weighted by Gasteiger charge is -2.26. The Morgan fingerprint density at radius 1 is 1.03 bits per heavy atom. The minimum atomic E-state index is -0.849. The second-order valence-corrected chi connectivity index (χ2v) is 8.40. The number of ether oxygens (including phenoxy) is 1. The van der Waals surface area contributed by atoms with E-state index in [0.29, 0.717) is 22.7 Å². The number of aliphatic hydroxyl groups is 1. The van der Waals surface area contributed by atoms with Gasteiger partial charge in [0.05, 0.1) is 17.4 Å². The minimum Gasteiger partial charge on any atom is -0.507 e. The lowest BCUT2D eigenvalue weighted by molar-refractivity contribution is -0.132. The highest BCUT2D eigenvalue weighted by atomic mass is 16.5. The van der Waals surface area contributed by atoms with Gasteiger partial charge < -0.3 is 9.84 Å². The van der Waals surface area contributed by atoms with Crippen LogP contribution in [0.25, 0.3) is 5.76 Å². The average Bonchev–Trinajstić information content (AvgIpc) is 3.06. The summed E-state index contributed by atoms with van der Waals surface area (Å²) >= 11 is 0. The van der Waals surface area contributed by atoms with Crippen molar-refractivity contribution < 1.29 is 19.4 Å². The zero-order valence-electron chi connectivity index (χ0n) is 19.1. The molecule has 33 heavy (non-hydrogen) atoms. The average molecular weight is 443 g/mol. The number of hydrogen-bond donors (Lipinski definition) is 1. The topological polar surface area (TPSA) is 79.7 Å². The van der Waals surface area contributed by atoms with Crippen molar-refractivity contribution >= 4 is 23.1 Å². The van der Waals surface area contributed by atoms with E-state index in [1.165, 1.54) is 4.90 Å². The first-order valence-electron chi connectivity index (χ1n) is 10.8. The molecule has 1 aliphatic rings. The smallest absolute Gasteiger partial charge is 0.300 e. The fraction of sp³-hybridized carbons (Fsp3) is 0.222. The molecule has 4 rings (SSSR count). The van der Waals surface area contributed by atoms with Gasteiger partial charge in [0.1, 0.15) is 17.6 Å².